The van der Waals surface area contributed by atoms with Gasteiger partial charge in [0.15, 0.2) is 0 Å². The van der Waals surface area contributed by atoms with Gasteiger partial charge < -0.3 is 10.2 Å². The summed E-state index contributed by atoms with van der Waals surface area (Å²) in [5.41, 5.74) is 2.03. The van der Waals surface area contributed by atoms with Crippen LogP contribution in [-0.4, -0.2) is 35.1 Å². The van der Waals surface area contributed by atoms with Crippen LogP contribution in [0.25, 0.3) is 0 Å². The molecular formula is C26H28N2O2S. The van der Waals surface area contributed by atoms with Crippen molar-refractivity contribution in [3.8, 4) is 0 Å². The Labute approximate surface area is 188 Å². The Bertz CT molecular complexity index is 949. The van der Waals surface area contributed by atoms with Gasteiger partial charge in [0.25, 0.3) is 0 Å². The number of amides is 2. The Morgan fingerprint density at radius 3 is 1.97 bits per heavy atom. The van der Waals surface area contributed by atoms with Gasteiger partial charge >= 0.3 is 0 Å². The Morgan fingerprint density at radius 1 is 0.839 bits per heavy atom. The van der Waals surface area contributed by atoms with E-state index in [-0.39, 0.29) is 17.6 Å². The lowest BCUT2D eigenvalue weighted by molar-refractivity contribution is -0.139. The Kier molecular flexibility index (Phi) is 8.73. The second kappa shape index (κ2) is 12.0. The quantitative estimate of drug-likeness (QED) is 0.478. The molecule has 0 heterocycles. The van der Waals surface area contributed by atoms with Crippen molar-refractivity contribution in [2.45, 2.75) is 30.8 Å². The molecule has 0 unspecified atom stereocenters. The van der Waals surface area contributed by atoms with Crippen molar-refractivity contribution in [3.63, 3.8) is 0 Å². The summed E-state index contributed by atoms with van der Waals surface area (Å²) in [5.74, 6) is 0.104. The first-order chi connectivity index (χ1) is 15.2. The minimum Gasteiger partial charge on any atom is -0.355 e. The molecule has 0 saturated carbocycles. The summed E-state index contributed by atoms with van der Waals surface area (Å²) in [5, 5.41) is 2.92. The third-order valence-corrected chi connectivity index (χ3v) is 5.92. The Hall–Kier alpha value is -3.05. The number of hydrogen-bond donors (Lipinski definition) is 1. The van der Waals surface area contributed by atoms with Crippen molar-refractivity contribution >= 4 is 23.6 Å². The standard InChI is InChI=1S/C26H28N2O2S/c1-2-27-26(30)24(18-21-12-6-3-7-13-21)28(19-22-14-8-4-9-15-22)25(29)20-31-23-16-10-5-11-17-23/h3-17,24H,2,18-20H2,1H3,(H,27,30)/t24-/m0/s1. The maximum absolute atomic E-state index is 13.4. The number of nitrogens with one attached hydrogen (secondary N) is 1. The van der Waals surface area contributed by atoms with Gasteiger partial charge in [-0.1, -0.05) is 78.9 Å². The van der Waals surface area contributed by atoms with Gasteiger partial charge in [-0.2, -0.15) is 0 Å². The van der Waals surface area contributed by atoms with Crippen LogP contribution in [0.1, 0.15) is 18.1 Å². The number of hydrogen-bond acceptors (Lipinski definition) is 3. The van der Waals surface area contributed by atoms with Gasteiger partial charge in [0.05, 0.1) is 5.75 Å². The number of nitrogens with zero attached hydrogens (tertiary/aromatic N) is 1. The molecule has 0 aliphatic rings. The highest BCUT2D eigenvalue weighted by Gasteiger charge is 2.30. The summed E-state index contributed by atoms with van der Waals surface area (Å²) >= 11 is 1.49. The van der Waals surface area contributed by atoms with Gasteiger partial charge in [-0.3, -0.25) is 9.59 Å². The molecule has 0 aliphatic heterocycles. The van der Waals surface area contributed by atoms with Crippen molar-refractivity contribution < 1.29 is 9.59 Å². The van der Waals surface area contributed by atoms with E-state index >= 15 is 0 Å². The molecule has 0 radical (unpaired) electrons. The molecule has 1 N–H and O–H groups in total. The fourth-order valence-corrected chi connectivity index (χ4v) is 4.18. The summed E-state index contributed by atoms with van der Waals surface area (Å²) in [6, 6.07) is 29.0. The van der Waals surface area contributed by atoms with Crippen molar-refractivity contribution in [1.29, 1.82) is 0 Å². The predicted octanol–water partition coefficient (Wildman–Crippen LogP) is 4.55. The van der Waals surface area contributed by atoms with E-state index in [9.17, 15) is 9.59 Å². The maximum Gasteiger partial charge on any atom is 0.243 e. The first-order valence-corrected chi connectivity index (χ1v) is 11.5. The van der Waals surface area contributed by atoms with Gasteiger partial charge in [0.1, 0.15) is 6.04 Å². The van der Waals surface area contributed by atoms with E-state index < -0.39 is 6.04 Å². The molecule has 3 aromatic carbocycles. The van der Waals surface area contributed by atoms with Crippen LogP contribution < -0.4 is 5.32 Å². The van der Waals surface area contributed by atoms with Crippen LogP contribution in [0.2, 0.25) is 0 Å². The lowest BCUT2D eigenvalue weighted by atomic mass is 10.0. The van der Waals surface area contributed by atoms with Crippen LogP contribution in [0.4, 0.5) is 0 Å². The highest BCUT2D eigenvalue weighted by Crippen LogP contribution is 2.20. The minimum atomic E-state index is -0.577. The molecule has 0 spiro atoms. The molecular weight excluding hydrogens is 404 g/mol. The normalized spacial score (nSPS) is 11.5. The number of carbonyl (C=O) groups excluding carboxylic acids is 2. The summed E-state index contributed by atoms with van der Waals surface area (Å²) < 4.78 is 0. The molecule has 0 bridgehead atoms. The third-order valence-electron chi connectivity index (χ3n) is 4.92. The number of thioether (sulfide) groups is 1. The van der Waals surface area contributed by atoms with Gasteiger partial charge in [-0.05, 0) is 30.2 Å². The fraction of sp³-hybridized carbons (Fsp3) is 0.231. The molecule has 5 heteroatoms. The van der Waals surface area contributed by atoms with Crippen LogP contribution in [-0.2, 0) is 22.6 Å². The maximum atomic E-state index is 13.4. The van der Waals surface area contributed by atoms with Gasteiger partial charge in [0.2, 0.25) is 11.8 Å². The average Bonchev–Trinajstić information content (AvgIpc) is 2.82. The molecule has 31 heavy (non-hydrogen) atoms. The minimum absolute atomic E-state index is 0.0510. The van der Waals surface area contributed by atoms with E-state index in [2.05, 4.69) is 5.32 Å². The average molecular weight is 433 g/mol. The van der Waals surface area contributed by atoms with E-state index in [1.165, 1.54) is 11.8 Å². The van der Waals surface area contributed by atoms with Crippen molar-refractivity contribution in [2.24, 2.45) is 0 Å². The molecule has 0 fully saturated rings. The van der Waals surface area contributed by atoms with Crippen LogP contribution in [0.5, 0.6) is 0 Å². The van der Waals surface area contributed by atoms with E-state index in [1.54, 1.807) is 4.90 Å². The first-order valence-electron chi connectivity index (χ1n) is 10.5. The van der Waals surface area contributed by atoms with E-state index in [1.807, 2.05) is 97.9 Å². The first kappa shape index (κ1) is 22.6. The highest BCUT2D eigenvalue weighted by atomic mass is 32.2. The molecule has 0 aromatic heterocycles. The molecule has 3 rings (SSSR count). The van der Waals surface area contributed by atoms with Gasteiger partial charge in [-0.15, -0.1) is 11.8 Å². The zero-order chi connectivity index (χ0) is 21.9. The van der Waals surface area contributed by atoms with Gasteiger partial charge in [0, 0.05) is 24.4 Å². The second-order valence-electron chi connectivity index (χ2n) is 7.21. The number of likely N-dealkylation sites (N-methyl/N-ethyl adjacent to an activating group) is 1. The molecule has 1 atom stereocenters. The van der Waals surface area contributed by atoms with Crippen LogP contribution in [0.15, 0.2) is 95.9 Å². The molecule has 0 aliphatic carbocycles. The predicted molar refractivity (Wildman–Crippen MR) is 127 cm³/mol. The van der Waals surface area contributed by atoms with Crippen molar-refractivity contribution in [3.05, 3.63) is 102 Å². The van der Waals surface area contributed by atoms with E-state index in [0.717, 1.165) is 16.0 Å². The summed E-state index contributed by atoms with van der Waals surface area (Å²) in [6.07, 6.45) is 0.473. The Balaban J connectivity index is 1.86. The topological polar surface area (TPSA) is 49.4 Å². The number of carbonyl (C=O) groups is 2. The van der Waals surface area contributed by atoms with Crippen LogP contribution in [0.3, 0.4) is 0 Å². The summed E-state index contributed by atoms with van der Waals surface area (Å²) in [7, 11) is 0. The second-order valence-corrected chi connectivity index (χ2v) is 8.26. The van der Waals surface area contributed by atoms with Crippen LogP contribution >= 0.6 is 11.8 Å². The highest BCUT2D eigenvalue weighted by molar-refractivity contribution is 8.00. The van der Waals surface area contributed by atoms with Crippen LogP contribution in [0, 0.1) is 0 Å². The molecule has 4 nitrogen and oxygen atoms in total. The monoisotopic (exact) mass is 432 g/mol. The van der Waals surface area contributed by atoms with E-state index in [4.69, 9.17) is 0 Å². The fourth-order valence-electron chi connectivity index (χ4n) is 3.37. The van der Waals surface area contributed by atoms with Gasteiger partial charge in [-0.25, -0.2) is 0 Å². The molecule has 160 valence electrons. The van der Waals surface area contributed by atoms with Crippen molar-refractivity contribution in [1.82, 2.24) is 10.2 Å². The van der Waals surface area contributed by atoms with Crippen molar-refractivity contribution in [2.75, 3.05) is 12.3 Å². The Morgan fingerprint density at radius 2 is 1.39 bits per heavy atom. The lowest BCUT2D eigenvalue weighted by Gasteiger charge is -2.31. The molecule has 2 amide bonds. The summed E-state index contributed by atoms with van der Waals surface area (Å²) in [4.78, 5) is 29.2. The zero-order valence-corrected chi connectivity index (χ0v) is 18.6. The van der Waals surface area contributed by atoms with E-state index in [0.29, 0.717) is 19.5 Å². The third kappa shape index (κ3) is 7.00. The largest absolute Gasteiger partial charge is 0.355 e. The molecule has 0 saturated heterocycles. The SMILES string of the molecule is CCNC(=O)[C@H](Cc1ccccc1)N(Cc1ccccc1)C(=O)CSc1ccccc1. The number of benzene rings is 3. The smallest absolute Gasteiger partial charge is 0.243 e. The zero-order valence-electron chi connectivity index (χ0n) is 17.7. The lowest BCUT2D eigenvalue weighted by Crippen LogP contribution is -2.51. The molecule has 3 aromatic rings. The summed E-state index contributed by atoms with van der Waals surface area (Å²) in [6.45, 7) is 2.81. The number of rotatable bonds is 10.